The van der Waals surface area contributed by atoms with Crippen LogP contribution in [0.1, 0.15) is 12.5 Å². The van der Waals surface area contributed by atoms with E-state index >= 15 is 0 Å². The lowest BCUT2D eigenvalue weighted by molar-refractivity contribution is 0.373. The number of nitrogens with zero attached hydrogens (tertiary/aromatic N) is 1. The number of hydrogen-bond acceptors (Lipinski definition) is 4. The minimum atomic E-state index is 0.0846. The third-order valence-electron chi connectivity index (χ3n) is 1.93. The van der Waals surface area contributed by atoms with Crippen molar-refractivity contribution in [2.75, 3.05) is 7.11 Å². The number of ether oxygens (including phenoxy) is 1. The molecule has 4 N–H and O–H groups in total. The SMILES string of the molecule is COc1cc(/C(C)=N/NC(N)=S)ccc1O. The molecule has 0 aromatic heterocycles. The molecule has 86 valence electrons. The Morgan fingerprint density at radius 3 is 2.81 bits per heavy atom. The highest BCUT2D eigenvalue weighted by Gasteiger charge is 2.04. The molecule has 0 bridgehead atoms. The molecule has 1 aromatic carbocycles. The molecule has 0 unspecified atom stereocenters. The summed E-state index contributed by atoms with van der Waals surface area (Å²) in [4.78, 5) is 0. The van der Waals surface area contributed by atoms with E-state index in [0.29, 0.717) is 11.5 Å². The molecule has 6 heteroatoms. The van der Waals surface area contributed by atoms with Crippen molar-refractivity contribution in [1.82, 2.24) is 5.43 Å². The lowest BCUT2D eigenvalue weighted by atomic mass is 10.1. The quantitative estimate of drug-likeness (QED) is 0.416. The average molecular weight is 239 g/mol. The van der Waals surface area contributed by atoms with Crippen molar-refractivity contribution in [2.45, 2.75) is 6.92 Å². The second-order valence-electron chi connectivity index (χ2n) is 3.06. The number of phenolic OH excluding ortho intramolecular Hbond substituents is 1. The van der Waals surface area contributed by atoms with Gasteiger partial charge in [-0.25, -0.2) is 0 Å². The van der Waals surface area contributed by atoms with Gasteiger partial charge in [-0.3, -0.25) is 5.43 Å². The summed E-state index contributed by atoms with van der Waals surface area (Å²) in [6, 6.07) is 4.93. The van der Waals surface area contributed by atoms with Crippen LogP contribution in [0.15, 0.2) is 23.3 Å². The molecule has 0 saturated carbocycles. The smallest absolute Gasteiger partial charge is 0.184 e. The number of aromatic hydroxyl groups is 1. The fourth-order valence-electron chi connectivity index (χ4n) is 1.11. The molecule has 5 nitrogen and oxygen atoms in total. The Balaban J connectivity index is 2.95. The van der Waals surface area contributed by atoms with Gasteiger partial charge in [-0.2, -0.15) is 5.10 Å². The summed E-state index contributed by atoms with van der Waals surface area (Å²) in [7, 11) is 1.48. The fraction of sp³-hybridized carbons (Fsp3) is 0.200. The van der Waals surface area contributed by atoms with Crippen LogP contribution < -0.4 is 15.9 Å². The van der Waals surface area contributed by atoms with E-state index in [-0.39, 0.29) is 10.9 Å². The van der Waals surface area contributed by atoms with Gasteiger partial charge in [-0.05, 0) is 37.3 Å². The molecule has 0 aliphatic heterocycles. The summed E-state index contributed by atoms with van der Waals surface area (Å²) >= 11 is 4.63. The summed E-state index contributed by atoms with van der Waals surface area (Å²) < 4.78 is 4.99. The minimum absolute atomic E-state index is 0.0846. The molecular formula is C10H13N3O2S. The number of methoxy groups -OCH3 is 1. The third-order valence-corrected chi connectivity index (χ3v) is 2.02. The Hall–Kier alpha value is -1.82. The van der Waals surface area contributed by atoms with Crippen molar-refractivity contribution in [3.8, 4) is 11.5 Å². The second-order valence-corrected chi connectivity index (χ2v) is 3.50. The number of nitrogens with two attached hydrogens (primary N) is 1. The Kier molecular flexibility index (Phi) is 4.07. The molecule has 0 spiro atoms. The van der Waals surface area contributed by atoms with E-state index in [4.69, 9.17) is 10.5 Å². The first-order valence-corrected chi connectivity index (χ1v) is 4.92. The maximum absolute atomic E-state index is 9.41. The van der Waals surface area contributed by atoms with Crippen molar-refractivity contribution >= 4 is 23.0 Å². The maximum Gasteiger partial charge on any atom is 0.184 e. The standard InChI is InChI=1S/C10H13N3O2S/c1-6(12-13-10(11)16)7-3-4-8(14)9(5-7)15-2/h3-5,14H,1-2H3,(H3,11,13,16)/b12-6+. The van der Waals surface area contributed by atoms with Gasteiger partial charge in [0.1, 0.15) is 0 Å². The highest BCUT2D eigenvalue weighted by atomic mass is 32.1. The second kappa shape index (κ2) is 5.32. The van der Waals surface area contributed by atoms with E-state index in [1.807, 2.05) is 0 Å². The molecule has 0 fully saturated rings. The minimum Gasteiger partial charge on any atom is -0.504 e. The third kappa shape index (κ3) is 3.09. The van der Waals surface area contributed by atoms with Crippen LogP contribution in [0.4, 0.5) is 0 Å². The fourth-order valence-corrected chi connectivity index (χ4v) is 1.15. The van der Waals surface area contributed by atoms with E-state index < -0.39 is 0 Å². The molecule has 0 heterocycles. The molecule has 0 aliphatic carbocycles. The lowest BCUT2D eigenvalue weighted by Gasteiger charge is -2.06. The Morgan fingerprint density at radius 2 is 2.25 bits per heavy atom. The van der Waals surface area contributed by atoms with Gasteiger partial charge in [0.15, 0.2) is 16.6 Å². The van der Waals surface area contributed by atoms with Gasteiger partial charge in [-0.15, -0.1) is 0 Å². The molecule has 0 amide bonds. The molecule has 0 aliphatic rings. The molecule has 1 aromatic rings. The maximum atomic E-state index is 9.41. The Labute approximate surface area is 98.9 Å². The Morgan fingerprint density at radius 1 is 1.56 bits per heavy atom. The number of rotatable bonds is 3. The van der Waals surface area contributed by atoms with Crippen LogP contribution in [0, 0.1) is 0 Å². The highest BCUT2D eigenvalue weighted by Crippen LogP contribution is 2.26. The lowest BCUT2D eigenvalue weighted by Crippen LogP contribution is -2.25. The first-order chi connectivity index (χ1) is 7.54. The number of hydrogen-bond donors (Lipinski definition) is 3. The van der Waals surface area contributed by atoms with E-state index in [1.54, 1.807) is 19.1 Å². The van der Waals surface area contributed by atoms with Crippen LogP contribution in [0.25, 0.3) is 0 Å². The number of phenols is 1. The van der Waals surface area contributed by atoms with Crippen molar-refractivity contribution in [1.29, 1.82) is 0 Å². The first-order valence-electron chi connectivity index (χ1n) is 4.51. The predicted molar refractivity (Wildman–Crippen MR) is 66.8 cm³/mol. The van der Waals surface area contributed by atoms with Crippen LogP contribution in [0.2, 0.25) is 0 Å². The van der Waals surface area contributed by atoms with Gasteiger partial charge in [0.05, 0.1) is 12.8 Å². The number of benzene rings is 1. The normalized spacial score (nSPS) is 11.0. The van der Waals surface area contributed by atoms with E-state index in [9.17, 15) is 5.11 Å². The number of hydrazone groups is 1. The van der Waals surface area contributed by atoms with E-state index in [2.05, 4.69) is 22.7 Å². The first kappa shape index (κ1) is 12.3. The van der Waals surface area contributed by atoms with Gasteiger partial charge in [0.25, 0.3) is 0 Å². The van der Waals surface area contributed by atoms with Crippen molar-refractivity contribution in [3.63, 3.8) is 0 Å². The zero-order chi connectivity index (χ0) is 12.1. The van der Waals surface area contributed by atoms with Gasteiger partial charge >= 0.3 is 0 Å². The molecule has 1 rings (SSSR count). The van der Waals surface area contributed by atoms with Gasteiger partial charge < -0.3 is 15.6 Å². The van der Waals surface area contributed by atoms with Gasteiger partial charge in [-0.1, -0.05) is 0 Å². The van der Waals surface area contributed by atoms with Crippen molar-refractivity contribution in [3.05, 3.63) is 23.8 Å². The topological polar surface area (TPSA) is 79.9 Å². The van der Waals surface area contributed by atoms with E-state index in [1.165, 1.54) is 13.2 Å². The molecular weight excluding hydrogens is 226 g/mol. The van der Waals surface area contributed by atoms with E-state index in [0.717, 1.165) is 5.56 Å². The summed E-state index contributed by atoms with van der Waals surface area (Å²) in [6.07, 6.45) is 0. The van der Waals surface area contributed by atoms with Crippen molar-refractivity contribution < 1.29 is 9.84 Å². The zero-order valence-electron chi connectivity index (χ0n) is 9.02. The van der Waals surface area contributed by atoms with Gasteiger partial charge in [0.2, 0.25) is 0 Å². The monoisotopic (exact) mass is 239 g/mol. The van der Waals surface area contributed by atoms with Crippen LogP contribution in [-0.4, -0.2) is 23.0 Å². The summed E-state index contributed by atoms with van der Waals surface area (Å²) in [5, 5.41) is 13.5. The largest absolute Gasteiger partial charge is 0.504 e. The molecule has 0 atom stereocenters. The van der Waals surface area contributed by atoms with Crippen LogP contribution in [-0.2, 0) is 0 Å². The predicted octanol–water partition coefficient (Wildman–Crippen LogP) is 0.958. The summed E-state index contributed by atoms with van der Waals surface area (Å²) in [6.45, 7) is 1.79. The summed E-state index contributed by atoms with van der Waals surface area (Å²) in [5.41, 5.74) is 9.23. The molecule has 0 radical (unpaired) electrons. The zero-order valence-corrected chi connectivity index (χ0v) is 9.84. The molecule has 16 heavy (non-hydrogen) atoms. The van der Waals surface area contributed by atoms with Crippen molar-refractivity contribution in [2.24, 2.45) is 10.8 Å². The average Bonchev–Trinajstić information content (AvgIpc) is 2.26. The Bertz CT molecular complexity index is 432. The van der Waals surface area contributed by atoms with Crippen LogP contribution in [0.5, 0.6) is 11.5 Å². The number of thiocarbonyl (C=S) groups is 1. The summed E-state index contributed by atoms with van der Waals surface area (Å²) in [5.74, 6) is 0.476. The van der Waals surface area contributed by atoms with Crippen LogP contribution >= 0.6 is 12.2 Å². The number of nitrogens with one attached hydrogen (secondary N) is 1. The van der Waals surface area contributed by atoms with Gasteiger partial charge in [0, 0.05) is 5.56 Å². The molecule has 0 saturated heterocycles. The highest BCUT2D eigenvalue weighted by molar-refractivity contribution is 7.80. The van der Waals surface area contributed by atoms with Crippen LogP contribution in [0.3, 0.4) is 0 Å².